The minimum absolute atomic E-state index is 0.0414. The van der Waals surface area contributed by atoms with Gasteiger partial charge in [0, 0.05) is 16.5 Å². The van der Waals surface area contributed by atoms with Gasteiger partial charge in [0.2, 0.25) is 0 Å². The van der Waals surface area contributed by atoms with E-state index in [2.05, 4.69) is 89.5 Å². The second-order valence-electron chi connectivity index (χ2n) is 11.5. The van der Waals surface area contributed by atoms with Gasteiger partial charge in [-0.2, -0.15) is 0 Å². The third-order valence-electron chi connectivity index (χ3n) is 8.79. The minimum Gasteiger partial charge on any atom is -0.309 e. The predicted octanol–water partition coefficient (Wildman–Crippen LogP) is 12.0. The van der Waals surface area contributed by atoms with Crippen molar-refractivity contribution in [1.29, 1.82) is 0 Å². The van der Waals surface area contributed by atoms with Crippen LogP contribution in [-0.2, 0) is 0 Å². The molecule has 0 radical (unpaired) electrons. The van der Waals surface area contributed by atoms with Gasteiger partial charge in [-0.05, 0) is 91.7 Å². The number of benzene rings is 8. The lowest BCUT2D eigenvalue weighted by Gasteiger charge is -2.11. The molecule has 0 aliphatic rings. The van der Waals surface area contributed by atoms with Gasteiger partial charge in [0.15, 0.2) is 0 Å². The summed E-state index contributed by atoms with van der Waals surface area (Å²) in [4.78, 5) is 0. The van der Waals surface area contributed by atoms with Crippen LogP contribution in [0.3, 0.4) is 0 Å². The van der Waals surface area contributed by atoms with Crippen LogP contribution in [0.1, 0.15) is 5.48 Å². The lowest BCUT2D eigenvalue weighted by Crippen LogP contribution is -1.94. The van der Waals surface area contributed by atoms with Crippen LogP contribution in [0, 0.1) is 0 Å². The molecular weight excluding hydrogens is 542 g/mol. The summed E-state index contributed by atoms with van der Waals surface area (Å²) < 4.78 is 38.4. The molecule has 0 spiro atoms. The van der Waals surface area contributed by atoms with Gasteiger partial charge in [-0.15, -0.1) is 0 Å². The van der Waals surface area contributed by atoms with Gasteiger partial charge >= 0.3 is 0 Å². The molecule has 45 heavy (non-hydrogen) atoms. The second kappa shape index (κ2) is 10.4. The van der Waals surface area contributed by atoms with E-state index in [0.717, 1.165) is 49.4 Å². The van der Waals surface area contributed by atoms with Crippen LogP contribution >= 0.6 is 0 Å². The van der Waals surface area contributed by atoms with Gasteiger partial charge < -0.3 is 4.57 Å². The van der Waals surface area contributed by atoms with Crippen LogP contribution in [0.15, 0.2) is 176 Å². The van der Waals surface area contributed by atoms with E-state index in [-0.39, 0.29) is 24.2 Å². The van der Waals surface area contributed by atoms with E-state index in [9.17, 15) is 0 Å². The Labute approximate surface area is 268 Å². The molecule has 8 aromatic carbocycles. The molecule has 0 saturated carbocycles. The minimum atomic E-state index is -0.0458. The summed E-state index contributed by atoms with van der Waals surface area (Å²) >= 11 is 0. The lowest BCUT2D eigenvalue weighted by atomic mass is 9.94. The molecule has 210 valence electrons. The quantitative estimate of drug-likeness (QED) is 0.180. The van der Waals surface area contributed by atoms with Crippen molar-refractivity contribution in [2.45, 2.75) is 0 Å². The summed E-state index contributed by atoms with van der Waals surface area (Å²) in [7, 11) is 0. The highest BCUT2D eigenvalue weighted by Gasteiger charge is 2.19. The first-order valence-electron chi connectivity index (χ1n) is 17.2. The monoisotopic (exact) mass is 575 g/mol. The highest BCUT2D eigenvalue weighted by molar-refractivity contribution is 6.25. The van der Waals surface area contributed by atoms with Gasteiger partial charge in [0.25, 0.3) is 0 Å². The first-order chi connectivity index (χ1) is 24.0. The zero-order valence-electron chi connectivity index (χ0n) is 28.4. The summed E-state index contributed by atoms with van der Waals surface area (Å²) in [5, 5.41) is 4.40. The molecule has 0 atom stereocenters. The van der Waals surface area contributed by atoms with Crippen molar-refractivity contribution < 1.29 is 5.48 Å². The molecule has 1 heterocycles. The first-order valence-corrected chi connectivity index (χ1v) is 15.2. The smallest absolute Gasteiger partial charge is 0.0629 e. The lowest BCUT2D eigenvalue weighted by molar-refractivity contribution is 1.18. The normalized spacial score (nSPS) is 12.8. The molecule has 0 fully saturated rings. The van der Waals surface area contributed by atoms with Gasteiger partial charge in [-0.3, -0.25) is 0 Å². The van der Waals surface area contributed by atoms with Crippen LogP contribution in [0.4, 0.5) is 0 Å². The van der Waals surface area contributed by atoms with E-state index in [1.165, 1.54) is 11.1 Å². The second-order valence-corrected chi connectivity index (χ2v) is 11.5. The molecule has 1 nitrogen and oxygen atoms in total. The zero-order valence-corrected chi connectivity index (χ0v) is 24.4. The maximum Gasteiger partial charge on any atom is 0.0629 e. The van der Waals surface area contributed by atoms with Crippen molar-refractivity contribution in [3.63, 3.8) is 0 Å². The van der Waals surface area contributed by atoms with E-state index in [4.69, 9.17) is 5.48 Å². The molecule has 9 aromatic rings. The average Bonchev–Trinajstić information content (AvgIpc) is 3.49. The fourth-order valence-corrected chi connectivity index (χ4v) is 6.63. The molecule has 0 amide bonds. The SMILES string of the molecule is [2H]c1c([2H])c(-c2cc3ccc4cc(-c5ccc(-c6ccccc6)cc5)cc5c4c3c(c2)n5-c2ccccc2)c([2H])c([2H])c1-c1ccccc1. The van der Waals surface area contributed by atoms with Gasteiger partial charge in [-0.1, -0.05) is 139 Å². The Kier molecular flexibility index (Phi) is 5.00. The van der Waals surface area contributed by atoms with Crippen LogP contribution in [-0.4, -0.2) is 4.57 Å². The first kappa shape index (κ1) is 21.7. The summed E-state index contributed by atoms with van der Waals surface area (Å²) in [5.41, 5.74) is 9.59. The highest BCUT2D eigenvalue weighted by atomic mass is 15.0. The average molecular weight is 576 g/mol. The maximum absolute atomic E-state index is 9.11. The summed E-state index contributed by atoms with van der Waals surface area (Å²) in [6.07, 6.45) is 0. The summed E-state index contributed by atoms with van der Waals surface area (Å²) in [6.45, 7) is 0. The van der Waals surface area contributed by atoms with Crippen LogP contribution < -0.4 is 0 Å². The molecule has 1 heteroatoms. The molecule has 0 aliphatic carbocycles. The van der Waals surface area contributed by atoms with E-state index in [0.29, 0.717) is 22.3 Å². The Hall–Kier alpha value is -5.92. The van der Waals surface area contributed by atoms with E-state index in [1.807, 2.05) is 66.7 Å². The molecule has 0 bridgehead atoms. The van der Waals surface area contributed by atoms with Crippen molar-refractivity contribution in [3.8, 4) is 50.2 Å². The third-order valence-corrected chi connectivity index (χ3v) is 8.79. The van der Waals surface area contributed by atoms with Crippen LogP contribution in [0.2, 0.25) is 0 Å². The number of para-hydroxylation sites is 1. The van der Waals surface area contributed by atoms with Crippen LogP contribution in [0.25, 0.3) is 82.8 Å². The number of rotatable bonds is 5. The molecule has 0 unspecified atom stereocenters. The van der Waals surface area contributed by atoms with E-state index < -0.39 is 0 Å². The molecule has 9 rings (SSSR count). The Balaban J connectivity index is 1.29. The largest absolute Gasteiger partial charge is 0.309 e. The molecule has 0 aliphatic heterocycles. The van der Waals surface area contributed by atoms with Gasteiger partial charge in [0.05, 0.1) is 16.5 Å². The Morgan fingerprint density at radius 3 is 1.22 bits per heavy atom. The van der Waals surface area contributed by atoms with Crippen molar-refractivity contribution in [3.05, 3.63) is 176 Å². The van der Waals surface area contributed by atoms with E-state index >= 15 is 0 Å². The van der Waals surface area contributed by atoms with Crippen LogP contribution in [0.5, 0.6) is 0 Å². The summed E-state index contributed by atoms with van der Waals surface area (Å²) in [5.74, 6) is 0. The Morgan fingerprint density at radius 1 is 0.333 bits per heavy atom. The fourth-order valence-electron chi connectivity index (χ4n) is 6.63. The molecular formula is C44H29N. The Bertz CT molecular complexity index is 2630. The molecule has 1 aromatic heterocycles. The maximum atomic E-state index is 9.11. The van der Waals surface area contributed by atoms with Crippen molar-refractivity contribution >= 4 is 32.6 Å². The topological polar surface area (TPSA) is 4.93 Å². The Morgan fingerprint density at radius 2 is 0.711 bits per heavy atom. The van der Waals surface area contributed by atoms with Gasteiger partial charge in [0.1, 0.15) is 0 Å². The number of hydrogen-bond acceptors (Lipinski definition) is 0. The highest BCUT2D eigenvalue weighted by Crippen LogP contribution is 2.43. The van der Waals surface area contributed by atoms with E-state index in [1.54, 1.807) is 0 Å². The molecule has 0 N–H and O–H groups in total. The number of hydrogen-bond donors (Lipinski definition) is 0. The zero-order chi connectivity index (χ0) is 33.2. The standard InChI is InChI=1S/C44H29N/c1-4-10-30(11-5-1)32-16-20-34(21-17-32)38-26-36-24-25-37-27-39(35-22-18-33(19-23-35)31-12-6-2-7-13-31)29-42-44(37)43(36)41(28-38)45(42)40-14-8-3-9-15-40/h1-29H/i16D,17D,20D,21D. The van der Waals surface area contributed by atoms with Crippen molar-refractivity contribution in [2.75, 3.05) is 0 Å². The number of aromatic nitrogens is 1. The predicted molar refractivity (Wildman–Crippen MR) is 191 cm³/mol. The summed E-state index contributed by atoms with van der Waals surface area (Å²) in [6, 6.07) is 51.3. The van der Waals surface area contributed by atoms with Crippen molar-refractivity contribution in [2.24, 2.45) is 0 Å². The number of nitrogens with zero attached hydrogens (tertiary/aromatic N) is 1. The van der Waals surface area contributed by atoms with Crippen molar-refractivity contribution in [1.82, 2.24) is 4.57 Å². The van der Waals surface area contributed by atoms with Gasteiger partial charge in [-0.25, -0.2) is 0 Å². The fraction of sp³-hybridized carbons (Fsp3) is 0. The molecule has 0 saturated heterocycles. The third kappa shape index (κ3) is 4.32.